The third kappa shape index (κ3) is 3.78. The number of halogens is 1. The third-order valence-electron chi connectivity index (χ3n) is 1.97. The summed E-state index contributed by atoms with van der Waals surface area (Å²) in [6.07, 6.45) is 0. The molecule has 0 atom stereocenters. The molecule has 3 nitrogen and oxygen atoms in total. The number of likely N-dealkylation sites (N-methyl/N-ethyl adjacent to an activating group) is 1. The van der Waals surface area contributed by atoms with E-state index in [4.69, 9.17) is 16.9 Å². The summed E-state index contributed by atoms with van der Waals surface area (Å²) in [7, 11) is 0. The number of hydrogen-bond acceptors (Lipinski definition) is 3. The van der Waals surface area contributed by atoms with Gasteiger partial charge in [-0.3, -0.25) is 0 Å². The van der Waals surface area contributed by atoms with Gasteiger partial charge in [-0.25, -0.2) is 0 Å². The van der Waals surface area contributed by atoms with E-state index in [1.54, 1.807) is 18.2 Å². The van der Waals surface area contributed by atoms with Crippen LogP contribution < -0.4 is 10.6 Å². The lowest BCUT2D eigenvalue weighted by Crippen LogP contribution is -2.21. The molecule has 1 aromatic rings. The van der Waals surface area contributed by atoms with E-state index < -0.39 is 0 Å². The molecular weight excluding hydrogens is 210 g/mol. The first-order chi connectivity index (χ1) is 7.27. The first-order valence-electron chi connectivity index (χ1n) is 4.92. The largest absolute Gasteiger partial charge is 0.383 e. The van der Waals surface area contributed by atoms with Crippen molar-refractivity contribution in [2.75, 3.05) is 25.0 Å². The predicted octanol–water partition coefficient (Wildman–Crippen LogP) is 2.23. The van der Waals surface area contributed by atoms with Gasteiger partial charge in [-0.15, -0.1) is 0 Å². The van der Waals surface area contributed by atoms with Gasteiger partial charge in [0.15, 0.2) is 0 Å². The van der Waals surface area contributed by atoms with Crippen molar-refractivity contribution in [3.8, 4) is 6.07 Å². The van der Waals surface area contributed by atoms with Crippen molar-refractivity contribution in [2.45, 2.75) is 6.92 Å². The number of nitrogens with one attached hydrogen (secondary N) is 2. The summed E-state index contributed by atoms with van der Waals surface area (Å²) in [6, 6.07) is 7.33. The van der Waals surface area contributed by atoms with Crippen molar-refractivity contribution in [3.05, 3.63) is 28.8 Å². The Kier molecular flexibility index (Phi) is 4.96. The van der Waals surface area contributed by atoms with Crippen LogP contribution >= 0.6 is 11.6 Å². The number of hydrogen-bond donors (Lipinski definition) is 2. The Labute approximate surface area is 95.1 Å². The molecule has 0 saturated carbocycles. The van der Waals surface area contributed by atoms with Gasteiger partial charge in [-0.2, -0.15) is 5.26 Å². The third-order valence-corrected chi connectivity index (χ3v) is 2.20. The van der Waals surface area contributed by atoms with Gasteiger partial charge in [0.05, 0.1) is 11.3 Å². The lowest BCUT2D eigenvalue weighted by molar-refractivity contribution is 0.739. The molecule has 0 amide bonds. The van der Waals surface area contributed by atoms with Gasteiger partial charge in [0.25, 0.3) is 0 Å². The molecule has 0 bridgehead atoms. The summed E-state index contributed by atoms with van der Waals surface area (Å²) < 4.78 is 0. The molecular formula is C11H14ClN3. The predicted molar refractivity (Wildman–Crippen MR) is 63.2 cm³/mol. The number of benzene rings is 1. The molecule has 0 unspecified atom stereocenters. The number of anilines is 1. The van der Waals surface area contributed by atoms with E-state index in [9.17, 15) is 0 Å². The SMILES string of the molecule is CCNCCNc1cc(Cl)ccc1C#N. The quantitative estimate of drug-likeness (QED) is 0.753. The molecule has 15 heavy (non-hydrogen) atoms. The van der Waals surface area contributed by atoms with Crippen LogP contribution in [0.4, 0.5) is 5.69 Å². The lowest BCUT2D eigenvalue weighted by Gasteiger charge is -2.08. The van der Waals surface area contributed by atoms with Crippen LogP contribution in [0, 0.1) is 11.3 Å². The summed E-state index contributed by atoms with van der Waals surface area (Å²) in [5.74, 6) is 0. The van der Waals surface area contributed by atoms with Gasteiger partial charge in [-0.05, 0) is 24.7 Å². The zero-order chi connectivity index (χ0) is 11.1. The zero-order valence-electron chi connectivity index (χ0n) is 8.68. The normalized spacial score (nSPS) is 9.67. The first kappa shape index (κ1) is 11.8. The van der Waals surface area contributed by atoms with Crippen molar-refractivity contribution < 1.29 is 0 Å². The average molecular weight is 224 g/mol. The van der Waals surface area contributed by atoms with Crippen LogP contribution in [0.1, 0.15) is 12.5 Å². The topological polar surface area (TPSA) is 47.8 Å². The molecule has 0 aliphatic rings. The van der Waals surface area contributed by atoms with Gasteiger partial charge in [0, 0.05) is 18.1 Å². The van der Waals surface area contributed by atoms with Gasteiger partial charge in [0.1, 0.15) is 6.07 Å². The number of nitrogens with zero attached hydrogens (tertiary/aromatic N) is 1. The van der Waals surface area contributed by atoms with Crippen LogP contribution in [0.15, 0.2) is 18.2 Å². The molecule has 0 fully saturated rings. The fraction of sp³-hybridized carbons (Fsp3) is 0.364. The van der Waals surface area contributed by atoms with E-state index >= 15 is 0 Å². The van der Waals surface area contributed by atoms with E-state index in [1.807, 2.05) is 0 Å². The molecule has 2 N–H and O–H groups in total. The van der Waals surface area contributed by atoms with Crippen LogP contribution in [0.3, 0.4) is 0 Å². The highest BCUT2D eigenvalue weighted by atomic mass is 35.5. The standard InChI is InChI=1S/C11H14ClN3/c1-2-14-5-6-15-11-7-10(12)4-3-9(11)8-13/h3-4,7,14-15H,2,5-6H2,1H3. The highest BCUT2D eigenvalue weighted by molar-refractivity contribution is 6.30. The second kappa shape index (κ2) is 6.28. The van der Waals surface area contributed by atoms with Crippen LogP contribution in [-0.4, -0.2) is 19.6 Å². The molecule has 0 heterocycles. The number of rotatable bonds is 5. The van der Waals surface area contributed by atoms with E-state index in [2.05, 4.69) is 23.6 Å². The Balaban J connectivity index is 2.59. The summed E-state index contributed by atoms with van der Waals surface area (Å²) in [5.41, 5.74) is 1.42. The van der Waals surface area contributed by atoms with Crippen molar-refractivity contribution in [3.63, 3.8) is 0 Å². The van der Waals surface area contributed by atoms with Crippen molar-refractivity contribution >= 4 is 17.3 Å². The maximum Gasteiger partial charge on any atom is 0.101 e. The Morgan fingerprint density at radius 2 is 2.20 bits per heavy atom. The first-order valence-corrected chi connectivity index (χ1v) is 5.30. The molecule has 80 valence electrons. The van der Waals surface area contributed by atoms with Crippen LogP contribution in [0.25, 0.3) is 0 Å². The molecule has 0 aliphatic heterocycles. The lowest BCUT2D eigenvalue weighted by atomic mass is 10.2. The Bertz CT molecular complexity index is 357. The minimum absolute atomic E-state index is 0.621. The highest BCUT2D eigenvalue weighted by Gasteiger charge is 2.01. The van der Waals surface area contributed by atoms with Crippen molar-refractivity contribution in [1.29, 1.82) is 5.26 Å². The summed E-state index contributed by atoms with van der Waals surface area (Å²) in [4.78, 5) is 0. The molecule has 0 radical (unpaired) electrons. The second-order valence-electron chi connectivity index (χ2n) is 3.08. The number of nitriles is 1. The van der Waals surface area contributed by atoms with E-state index in [1.165, 1.54) is 0 Å². The maximum absolute atomic E-state index is 8.86. The summed E-state index contributed by atoms with van der Waals surface area (Å²) in [5, 5.41) is 15.9. The molecule has 0 spiro atoms. The molecule has 0 aromatic heterocycles. The molecule has 0 saturated heterocycles. The Morgan fingerprint density at radius 3 is 2.87 bits per heavy atom. The van der Waals surface area contributed by atoms with Gasteiger partial charge in [0.2, 0.25) is 0 Å². The summed E-state index contributed by atoms with van der Waals surface area (Å²) in [6.45, 7) is 4.65. The van der Waals surface area contributed by atoms with Crippen LogP contribution in [-0.2, 0) is 0 Å². The fourth-order valence-electron chi connectivity index (χ4n) is 1.22. The highest BCUT2D eigenvalue weighted by Crippen LogP contribution is 2.19. The molecule has 1 aromatic carbocycles. The smallest absolute Gasteiger partial charge is 0.101 e. The Morgan fingerprint density at radius 1 is 1.40 bits per heavy atom. The van der Waals surface area contributed by atoms with Crippen LogP contribution in [0.5, 0.6) is 0 Å². The average Bonchev–Trinajstić information content (AvgIpc) is 2.25. The fourth-order valence-corrected chi connectivity index (χ4v) is 1.39. The van der Waals surface area contributed by atoms with E-state index in [0.717, 1.165) is 25.3 Å². The van der Waals surface area contributed by atoms with Crippen molar-refractivity contribution in [1.82, 2.24) is 5.32 Å². The molecule has 0 aliphatic carbocycles. The van der Waals surface area contributed by atoms with Gasteiger partial charge in [-0.1, -0.05) is 18.5 Å². The van der Waals surface area contributed by atoms with Crippen LogP contribution in [0.2, 0.25) is 5.02 Å². The Hall–Kier alpha value is -1.24. The minimum atomic E-state index is 0.621. The minimum Gasteiger partial charge on any atom is -0.383 e. The van der Waals surface area contributed by atoms with E-state index in [-0.39, 0.29) is 0 Å². The summed E-state index contributed by atoms with van der Waals surface area (Å²) >= 11 is 5.85. The monoisotopic (exact) mass is 223 g/mol. The van der Waals surface area contributed by atoms with Gasteiger partial charge >= 0.3 is 0 Å². The zero-order valence-corrected chi connectivity index (χ0v) is 9.43. The molecule has 4 heteroatoms. The van der Waals surface area contributed by atoms with Crippen molar-refractivity contribution in [2.24, 2.45) is 0 Å². The second-order valence-corrected chi connectivity index (χ2v) is 3.52. The van der Waals surface area contributed by atoms with E-state index in [0.29, 0.717) is 10.6 Å². The maximum atomic E-state index is 8.86. The van der Waals surface area contributed by atoms with Gasteiger partial charge < -0.3 is 10.6 Å². The molecule has 1 rings (SSSR count).